The van der Waals surface area contributed by atoms with Crippen molar-refractivity contribution in [1.29, 1.82) is 0 Å². The molecule has 3 rings (SSSR count). The van der Waals surface area contributed by atoms with E-state index in [1.54, 1.807) is 24.3 Å². The van der Waals surface area contributed by atoms with E-state index in [9.17, 15) is 13.6 Å². The molecule has 4 heteroatoms. The molecular weight excluding hydrogens is 308 g/mol. The normalized spacial score (nSPS) is 20.6. The Balaban J connectivity index is 1.48. The van der Waals surface area contributed by atoms with Crippen LogP contribution in [-0.4, -0.2) is 5.91 Å². The van der Waals surface area contributed by atoms with Gasteiger partial charge in [0.25, 0.3) is 0 Å². The van der Waals surface area contributed by atoms with Crippen LogP contribution >= 0.6 is 0 Å². The number of hydrogen-bond acceptors (Lipinski definition) is 1. The number of carbonyl (C=O) groups excluding carboxylic acids is 1. The van der Waals surface area contributed by atoms with E-state index >= 15 is 0 Å². The number of benzene rings is 2. The minimum absolute atomic E-state index is 0.0317. The zero-order valence-electron chi connectivity index (χ0n) is 13.5. The van der Waals surface area contributed by atoms with Crippen LogP contribution in [0.2, 0.25) is 0 Å². The molecule has 1 aliphatic rings. The second-order valence-corrected chi connectivity index (χ2v) is 6.53. The summed E-state index contributed by atoms with van der Waals surface area (Å²) in [6.45, 7) is 0. The molecule has 0 unspecified atom stereocenters. The van der Waals surface area contributed by atoms with E-state index in [0.717, 1.165) is 31.2 Å². The van der Waals surface area contributed by atoms with Crippen LogP contribution in [0.4, 0.5) is 14.5 Å². The number of amides is 1. The van der Waals surface area contributed by atoms with Gasteiger partial charge in [0.1, 0.15) is 11.6 Å². The molecule has 2 aromatic rings. The summed E-state index contributed by atoms with van der Waals surface area (Å²) >= 11 is 0. The molecule has 1 N–H and O–H groups in total. The Hall–Kier alpha value is -2.23. The SMILES string of the molecule is O=C(CC1CCC(c2cccc(F)c2)CC1)Nc1ccc(F)cc1. The van der Waals surface area contributed by atoms with Gasteiger partial charge in [-0.25, -0.2) is 8.78 Å². The highest BCUT2D eigenvalue weighted by molar-refractivity contribution is 5.90. The summed E-state index contributed by atoms with van der Waals surface area (Å²) in [6, 6.07) is 12.6. The van der Waals surface area contributed by atoms with E-state index in [2.05, 4.69) is 5.32 Å². The molecule has 1 aliphatic carbocycles. The maximum Gasteiger partial charge on any atom is 0.224 e. The summed E-state index contributed by atoms with van der Waals surface area (Å²) in [5, 5.41) is 2.81. The second kappa shape index (κ2) is 7.56. The third-order valence-electron chi connectivity index (χ3n) is 4.77. The zero-order chi connectivity index (χ0) is 16.9. The van der Waals surface area contributed by atoms with Gasteiger partial charge < -0.3 is 5.32 Å². The lowest BCUT2D eigenvalue weighted by molar-refractivity contribution is -0.117. The summed E-state index contributed by atoms with van der Waals surface area (Å²) < 4.78 is 26.2. The van der Waals surface area contributed by atoms with Gasteiger partial charge in [-0.3, -0.25) is 4.79 Å². The average Bonchev–Trinajstić information content (AvgIpc) is 2.58. The predicted octanol–water partition coefficient (Wildman–Crippen LogP) is 5.27. The zero-order valence-corrected chi connectivity index (χ0v) is 13.5. The lowest BCUT2D eigenvalue weighted by atomic mass is 9.77. The van der Waals surface area contributed by atoms with Gasteiger partial charge in [-0.15, -0.1) is 0 Å². The Morgan fingerprint density at radius 1 is 0.958 bits per heavy atom. The molecule has 0 spiro atoms. The van der Waals surface area contributed by atoms with Gasteiger partial charge in [0.2, 0.25) is 5.91 Å². The molecule has 1 amide bonds. The van der Waals surface area contributed by atoms with E-state index in [0.29, 0.717) is 23.9 Å². The van der Waals surface area contributed by atoms with Crippen molar-refractivity contribution >= 4 is 11.6 Å². The standard InChI is InChI=1S/C20H21F2NO/c21-17-8-10-19(11-9-17)23-20(24)12-14-4-6-15(7-5-14)16-2-1-3-18(22)13-16/h1-3,8-11,13-15H,4-7,12H2,(H,23,24). The van der Waals surface area contributed by atoms with E-state index in [4.69, 9.17) is 0 Å². The number of nitrogens with one attached hydrogen (secondary N) is 1. The monoisotopic (exact) mass is 329 g/mol. The van der Waals surface area contributed by atoms with Gasteiger partial charge in [0.05, 0.1) is 0 Å². The molecule has 0 radical (unpaired) electrons. The molecule has 1 fully saturated rings. The number of rotatable bonds is 4. The summed E-state index contributed by atoms with van der Waals surface area (Å²) in [5.41, 5.74) is 1.68. The number of carbonyl (C=O) groups is 1. The van der Waals surface area contributed by atoms with E-state index in [-0.39, 0.29) is 17.5 Å². The van der Waals surface area contributed by atoms with Crippen LogP contribution < -0.4 is 5.32 Å². The largest absolute Gasteiger partial charge is 0.326 e. The number of halogens is 2. The van der Waals surface area contributed by atoms with Crippen molar-refractivity contribution in [3.8, 4) is 0 Å². The van der Waals surface area contributed by atoms with Gasteiger partial charge in [0.15, 0.2) is 0 Å². The van der Waals surface area contributed by atoms with Crippen molar-refractivity contribution in [2.45, 2.75) is 38.0 Å². The second-order valence-electron chi connectivity index (χ2n) is 6.53. The highest BCUT2D eigenvalue weighted by Gasteiger charge is 2.24. The molecule has 2 nitrogen and oxygen atoms in total. The van der Waals surface area contributed by atoms with Gasteiger partial charge >= 0.3 is 0 Å². The van der Waals surface area contributed by atoms with Crippen LogP contribution in [0.5, 0.6) is 0 Å². The third kappa shape index (κ3) is 4.40. The van der Waals surface area contributed by atoms with Gasteiger partial charge in [-0.1, -0.05) is 12.1 Å². The quantitative estimate of drug-likeness (QED) is 0.813. The van der Waals surface area contributed by atoms with Crippen molar-refractivity contribution in [3.63, 3.8) is 0 Å². The van der Waals surface area contributed by atoms with Crippen molar-refractivity contribution in [1.82, 2.24) is 0 Å². The van der Waals surface area contributed by atoms with Gasteiger partial charge in [0, 0.05) is 12.1 Å². The Morgan fingerprint density at radius 3 is 2.33 bits per heavy atom. The first-order chi connectivity index (χ1) is 11.6. The lowest BCUT2D eigenvalue weighted by Crippen LogP contribution is -2.20. The van der Waals surface area contributed by atoms with Crippen LogP contribution in [0.1, 0.15) is 43.6 Å². The Morgan fingerprint density at radius 2 is 1.67 bits per heavy atom. The van der Waals surface area contributed by atoms with Crippen molar-refractivity contribution in [3.05, 3.63) is 65.7 Å². The first-order valence-electron chi connectivity index (χ1n) is 8.41. The molecule has 24 heavy (non-hydrogen) atoms. The Labute approximate surface area is 140 Å². The molecule has 0 atom stereocenters. The molecule has 0 bridgehead atoms. The molecule has 0 aliphatic heterocycles. The lowest BCUT2D eigenvalue weighted by Gasteiger charge is -2.28. The fourth-order valence-electron chi connectivity index (χ4n) is 3.47. The maximum atomic E-state index is 13.3. The van der Waals surface area contributed by atoms with Crippen LogP contribution in [-0.2, 0) is 4.79 Å². The average molecular weight is 329 g/mol. The molecule has 2 aromatic carbocycles. The van der Waals surface area contributed by atoms with Crippen LogP contribution in [0.15, 0.2) is 48.5 Å². The highest BCUT2D eigenvalue weighted by atomic mass is 19.1. The molecule has 0 aromatic heterocycles. The van der Waals surface area contributed by atoms with Crippen molar-refractivity contribution in [2.24, 2.45) is 5.92 Å². The third-order valence-corrected chi connectivity index (χ3v) is 4.77. The maximum absolute atomic E-state index is 13.3. The van der Waals surface area contributed by atoms with Crippen LogP contribution in [0, 0.1) is 17.6 Å². The van der Waals surface area contributed by atoms with E-state index in [1.807, 2.05) is 6.07 Å². The Bertz CT molecular complexity index is 691. The summed E-state index contributed by atoms with van der Waals surface area (Å²) in [7, 11) is 0. The topological polar surface area (TPSA) is 29.1 Å². The fourth-order valence-corrected chi connectivity index (χ4v) is 3.47. The molecule has 0 heterocycles. The van der Waals surface area contributed by atoms with Crippen LogP contribution in [0.3, 0.4) is 0 Å². The smallest absolute Gasteiger partial charge is 0.224 e. The first kappa shape index (κ1) is 16.6. The Kier molecular flexibility index (Phi) is 5.24. The first-order valence-corrected chi connectivity index (χ1v) is 8.41. The molecule has 1 saturated carbocycles. The van der Waals surface area contributed by atoms with Crippen molar-refractivity contribution in [2.75, 3.05) is 5.32 Å². The molecule has 126 valence electrons. The number of anilines is 1. The summed E-state index contributed by atoms with van der Waals surface area (Å²) in [4.78, 5) is 12.1. The van der Waals surface area contributed by atoms with E-state index < -0.39 is 0 Å². The minimum atomic E-state index is -0.316. The van der Waals surface area contributed by atoms with Crippen LogP contribution in [0.25, 0.3) is 0 Å². The van der Waals surface area contributed by atoms with Crippen molar-refractivity contribution < 1.29 is 13.6 Å². The fraction of sp³-hybridized carbons (Fsp3) is 0.350. The van der Waals surface area contributed by atoms with Gasteiger partial charge in [-0.05, 0) is 79.5 Å². The molecule has 0 saturated heterocycles. The predicted molar refractivity (Wildman–Crippen MR) is 90.7 cm³/mol. The minimum Gasteiger partial charge on any atom is -0.326 e. The highest BCUT2D eigenvalue weighted by Crippen LogP contribution is 2.37. The van der Waals surface area contributed by atoms with Gasteiger partial charge in [-0.2, -0.15) is 0 Å². The summed E-state index contributed by atoms with van der Waals surface area (Å²) in [5.74, 6) is 0.208. The van der Waals surface area contributed by atoms with E-state index in [1.165, 1.54) is 18.2 Å². The number of hydrogen-bond donors (Lipinski definition) is 1. The summed E-state index contributed by atoms with van der Waals surface area (Å²) in [6.07, 6.45) is 4.39. The molecular formula is C20H21F2NO.